The first kappa shape index (κ1) is 10.1. The van der Waals surface area contributed by atoms with E-state index in [4.69, 9.17) is 4.74 Å². The molecule has 1 aromatic heterocycles. The summed E-state index contributed by atoms with van der Waals surface area (Å²) in [7, 11) is 1.52. The fraction of sp³-hybridized carbons (Fsp3) is 0.455. The Labute approximate surface area is 87.3 Å². The van der Waals surface area contributed by atoms with Crippen LogP contribution in [0.4, 0.5) is 4.39 Å². The van der Waals surface area contributed by atoms with Crippen LogP contribution in [0.25, 0.3) is 0 Å². The standard InChI is InChI=1S/C11H12FNO2/c1-15-10-5-7(6-12)13-11-8(10)3-2-4-9(11)14/h5H,2-4,6H2,1H3. The highest BCUT2D eigenvalue weighted by atomic mass is 19.1. The number of carbonyl (C=O) groups excluding carboxylic acids is 1. The second-order valence-corrected chi connectivity index (χ2v) is 3.55. The molecule has 0 aliphatic heterocycles. The number of carbonyl (C=O) groups is 1. The minimum Gasteiger partial charge on any atom is -0.496 e. The van der Waals surface area contributed by atoms with Crippen molar-refractivity contribution < 1.29 is 13.9 Å². The van der Waals surface area contributed by atoms with Crippen molar-refractivity contribution in [3.8, 4) is 5.75 Å². The molecule has 0 fully saturated rings. The molecule has 0 bridgehead atoms. The predicted octanol–water partition coefficient (Wildman–Crippen LogP) is 2.08. The number of pyridine rings is 1. The highest BCUT2D eigenvalue weighted by Gasteiger charge is 2.23. The van der Waals surface area contributed by atoms with E-state index in [0.29, 0.717) is 17.9 Å². The molecule has 0 saturated carbocycles. The highest BCUT2D eigenvalue weighted by Crippen LogP contribution is 2.29. The SMILES string of the molecule is COc1cc(CF)nc2c1CCCC2=O. The number of alkyl halides is 1. The largest absolute Gasteiger partial charge is 0.496 e. The molecular weight excluding hydrogens is 197 g/mol. The van der Waals surface area contributed by atoms with Gasteiger partial charge < -0.3 is 4.74 Å². The first-order chi connectivity index (χ1) is 7.26. The zero-order chi connectivity index (χ0) is 10.8. The van der Waals surface area contributed by atoms with E-state index in [0.717, 1.165) is 18.4 Å². The summed E-state index contributed by atoms with van der Waals surface area (Å²) in [4.78, 5) is 15.6. The zero-order valence-electron chi connectivity index (χ0n) is 8.55. The van der Waals surface area contributed by atoms with Crippen LogP contribution in [0.1, 0.15) is 34.6 Å². The molecule has 0 atom stereocenters. The number of hydrogen-bond acceptors (Lipinski definition) is 3. The molecule has 0 amide bonds. The van der Waals surface area contributed by atoms with Gasteiger partial charge in [0.25, 0.3) is 0 Å². The van der Waals surface area contributed by atoms with Crippen LogP contribution in [0.15, 0.2) is 6.07 Å². The normalized spacial score (nSPS) is 14.9. The molecule has 0 radical (unpaired) electrons. The van der Waals surface area contributed by atoms with E-state index in [2.05, 4.69) is 4.98 Å². The van der Waals surface area contributed by atoms with Gasteiger partial charge in [0.05, 0.1) is 12.8 Å². The second kappa shape index (κ2) is 3.96. The van der Waals surface area contributed by atoms with Crippen LogP contribution >= 0.6 is 0 Å². The molecule has 1 aromatic rings. The number of halogens is 1. The number of fused-ring (bicyclic) bond motifs is 1. The average molecular weight is 209 g/mol. The van der Waals surface area contributed by atoms with Gasteiger partial charge in [0.2, 0.25) is 0 Å². The first-order valence-electron chi connectivity index (χ1n) is 4.92. The van der Waals surface area contributed by atoms with Crippen molar-refractivity contribution in [1.82, 2.24) is 4.98 Å². The van der Waals surface area contributed by atoms with Crippen LogP contribution in [0.3, 0.4) is 0 Å². The number of nitrogens with zero attached hydrogens (tertiary/aromatic N) is 1. The van der Waals surface area contributed by atoms with Crippen molar-refractivity contribution in [2.24, 2.45) is 0 Å². The average Bonchev–Trinajstić information content (AvgIpc) is 2.28. The molecule has 3 nitrogen and oxygen atoms in total. The van der Waals surface area contributed by atoms with E-state index in [1.165, 1.54) is 7.11 Å². The Hall–Kier alpha value is -1.45. The lowest BCUT2D eigenvalue weighted by Crippen LogP contribution is -2.15. The van der Waals surface area contributed by atoms with E-state index >= 15 is 0 Å². The minimum atomic E-state index is -0.670. The monoisotopic (exact) mass is 209 g/mol. The van der Waals surface area contributed by atoms with Crippen molar-refractivity contribution in [1.29, 1.82) is 0 Å². The van der Waals surface area contributed by atoms with E-state index < -0.39 is 6.67 Å². The third kappa shape index (κ3) is 1.71. The smallest absolute Gasteiger partial charge is 0.181 e. The molecule has 4 heteroatoms. The summed E-state index contributed by atoms with van der Waals surface area (Å²) >= 11 is 0. The highest BCUT2D eigenvalue weighted by molar-refractivity contribution is 5.97. The van der Waals surface area contributed by atoms with Gasteiger partial charge in [-0.15, -0.1) is 0 Å². The molecule has 0 unspecified atom stereocenters. The Morgan fingerprint density at radius 1 is 1.53 bits per heavy atom. The van der Waals surface area contributed by atoms with Crippen LogP contribution in [0, 0.1) is 0 Å². The topological polar surface area (TPSA) is 39.2 Å². The van der Waals surface area contributed by atoms with Gasteiger partial charge in [-0.2, -0.15) is 0 Å². The molecule has 1 aliphatic carbocycles. The molecule has 1 heterocycles. The lowest BCUT2D eigenvalue weighted by atomic mass is 9.94. The van der Waals surface area contributed by atoms with Crippen molar-refractivity contribution in [3.63, 3.8) is 0 Å². The van der Waals surface area contributed by atoms with E-state index in [1.807, 2.05) is 0 Å². The quantitative estimate of drug-likeness (QED) is 0.748. The van der Waals surface area contributed by atoms with Gasteiger partial charge in [-0.1, -0.05) is 0 Å². The maximum atomic E-state index is 12.5. The number of hydrogen-bond donors (Lipinski definition) is 0. The summed E-state index contributed by atoms with van der Waals surface area (Å²) in [5.74, 6) is 0.575. The van der Waals surface area contributed by atoms with Gasteiger partial charge in [-0.25, -0.2) is 9.37 Å². The van der Waals surface area contributed by atoms with Crippen LogP contribution in [0.5, 0.6) is 5.75 Å². The molecule has 0 spiro atoms. The number of aromatic nitrogens is 1. The van der Waals surface area contributed by atoms with Crippen molar-refractivity contribution in [2.45, 2.75) is 25.9 Å². The lowest BCUT2D eigenvalue weighted by Gasteiger charge is -2.17. The van der Waals surface area contributed by atoms with E-state index in [9.17, 15) is 9.18 Å². The Kier molecular flexibility index (Phi) is 2.66. The van der Waals surface area contributed by atoms with Crippen LogP contribution in [-0.2, 0) is 13.1 Å². The van der Waals surface area contributed by atoms with Gasteiger partial charge in [0, 0.05) is 18.1 Å². The van der Waals surface area contributed by atoms with Crippen LogP contribution in [-0.4, -0.2) is 17.9 Å². The summed E-state index contributed by atoms with van der Waals surface area (Å²) in [6.07, 6.45) is 2.10. The second-order valence-electron chi connectivity index (χ2n) is 3.55. The third-order valence-electron chi connectivity index (χ3n) is 2.59. The van der Waals surface area contributed by atoms with Crippen molar-refractivity contribution in [3.05, 3.63) is 23.0 Å². The Morgan fingerprint density at radius 2 is 2.33 bits per heavy atom. The minimum absolute atomic E-state index is 0.00940. The van der Waals surface area contributed by atoms with Crippen molar-refractivity contribution >= 4 is 5.78 Å². The molecule has 0 saturated heterocycles. The number of ether oxygens (including phenoxy) is 1. The van der Waals surface area contributed by atoms with E-state index in [1.54, 1.807) is 6.07 Å². The fourth-order valence-corrected chi connectivity index (χ4v) is 1.87. The third-order valence-corrected chi connectivity index (χ3v) is 2.59. The Balaban J connectivity index is 2.57. The summed E-state index contributed by atoms with van der Waals surface area (Å²) < 4.78 is 17.7. The maximum Gasteiger partial charge on any atom is 0.181 e. The summed E-state index contributed by atoms with van der Waals surface area (Å²) in [5.41, 5.74) is 1.49. The molecule has 0 N–H and O–H groups in total. The molecule has 80 valence electrons. The Morgan fingerprint density at radius 3 is 3.00 bits per heavy atom. The number of methoxy groups -OCH3 is 1. The molecule has 0 aromatic carbocycles. The van der Waals surface area contributed by atoms with Crippen LogP contribution in [0.2, 0.25) is 0 Å². The lowest BCUT2D eigenvalue weighted by molar-refractivity contribution is 0.0966. The van der Waals surface area contributed by atoms with Gasteiger partial charge in [0.1, 0.15) is 18.1 Å². The van der Waals surface area contributed by atoms with Gasteiger partial charge in [-0.3, -0.25) is 4.79 Å². The van der Waals surface area contributed by atoms with Gasteiger partial charge in [-0.05, 0) is 12.8 Å². The maximum absolute atomic E-state index is 12.5. The first-order valence-corrected chi connectivity index (χ1v) is 4.92. The molecule has 1 aliphatic rings. The summed E-state index contributed by atoms with van der Waals surface area (Å²) in [6, 6.07) is 1.57. The fourth-order valence-electron chi connectivity index (χ4n) is 1.87. The predicted molar refractivity (Wildman–Crippen MR) is 52.9 cm³/mol. The number of ketones is 1. The molecular formula is C11H12FNO2. The summed E-state index contributed by atoms with van der Waals surface area (Å²) in [6.45, 7) is -0.670. The molecule has 15 heavy (non-hydrogen) atoms. The van der Waals surface area contributed by atoms with E-state index in [-0.39, 0.29) is 11.5 Å². The molecule has 2 rings (SSSR count). The van der Waals surface area contributed by atoms with Gasteiger partial charge >= 0.3 is 0 Å². The van der Waals surface area contributed by atoms with Gasteiger partial charge in [0.15, 0.2) is 5.78 Å². The number of rotatable bonds is 2. The van der Waals surface area contributed by atoms with Crippen LogP contribution < -0.4 is 4.74 Å². The summed E-state index contributed by atoms with van der Waals surface area (Å²) in [5, 5.41) is 0. The van der Waals surface area contributed by atoms with Crippen molar-refractivity contribution in [2.75, 3.05) is 7.11 Å². The number of Topliss-reactive ketones (excluding diaryl/α,β-unsaturated/α-hetero) is 1. The zero-order valence-corrected chi connectivity index (χ0v) is 8.55. The Bertz CT molecular complexity index is 404.